The van der Waals surface area contributed by atoms with Crippen molar-refractivity contribution >= 4 is 46.4 Å². The lowest BCUT2D eigenvalue weighted by Crippen LogP contribution is -2.45. The van der Waals surface area contributed by atoms with Crippen LogP contribution in [0.3, 0.4) is 0 Å². The molecular formula is C30H26Cl3F2N7O. The molecule has 1 saturated heterocycles. The van der Waals surface area contributed by atoms with Crippen LogP contribution in [0.15, 0.2) is 54.6 Å². The van der Waals surface area contributed by atoms with Crippen molar-refractivity contribution in [2.75, 3.05) is 5.32 Å². The Morgan fingerprint density at radius 2 is 1.86 bits per heavy atom. The van der Waals surface area contributed by atoms with Gasteiger partial charge in [-0.25, -0.2) is 8.78 Å². The van der Waals surface area contributed by atoms with E-state index in [2.05, 4.69) is 37.3 Å². The average Bonchev–Trinajstić information content (AvgIpc) is 3.57. The first-order valence-electron chi connectivity index (χ1n) is 13.3. The second kappa shape index (κ2) is 11.8. The average molecular weight is 645 g/mol. The first-order valence-corrected chi connectivity index (χ1v) is 14.4. The van der Waals surface area contributed by atoms with Crippen LogP contribution in [0.25, 0.3) is 11.4 Å². The number of rotatable bonds is 6. The summed E-state index contributed by atoms with van der Waals surface area (Å²) in [6, 6.07) is 13.4. The molecule has 43 heavy (non-hydrogen) atoms. The minimum atomic E-state index is -1.74. The molecule has 0 radical (unpaired) electrons. The Balaban J connectivity index is 1.65. The molecule has 3 aromatic carbocycles. The van der Waals surface area contributed by atoms with Crippen molar-refractivity contribution in [3.8, 4) is 17.5 Å². The Morgan fingerprint density at radius 3 is 2.49 bits per heavy atom. The van der Waals surface area contributed by atoms with Crippen molar-refractivity contribution in [1.29, 1.82) is 5.26 Å². The number of nitrogens with one attached hydrogen (secondary N) is 3. The number of carbonyl (C=O) groups is 1. The molecular weight excluding hydrogens is 619 g/mol. The lowest BCUT2D eigenvalue weighted by atomic mass is 9.62. The third kappa shape index (κ3) is 5.83. The Labute approximate surface area is 261 Å². The number of H-pyrrole nitrogens is 1. The Kier molecular flexibility index (Phi) is 8.47. The Morgan fingerprint density at radius 1 is 1.09 bits per heavy atom. The number of hydrogen-bond acceptors (Lipinski definition) is 6. The highest BCUT2D eigenvalue weighted by Gasteiger charge is 2.61. The first-order chi connectivity index (χ1) is 20.4. The van der Waals surface area contributed by atoms with Crippen LogP contribution in [0.2, 0.25) is 15.1 Å². The van der Waals surface area contributed by atoms with Gasteiger partial charge >= 0.3 is 0 Å². The SMILES string of the molecule is CC(C)(C)CC1N[C@@H](C(=O)Nc2ccc(-c3nn[nH]n3)c(Cl)c2)C(c2cccc(Cl)c2F)[C@@]1(C#N)c1ccc(Cl)cc1F. The van der Waals surface area contributed by atoms with Crippen LogP contribution in [0.1, 0.15) is 44.2 Å². The zero-order valence-electron chi connectivity index (χ0n) is 23.2. The summed E-state index contributed by atoms with van der Waals surface area (Å²) in [7, 11) is 0. The van der Waals surface area contributed by atoms with Gasteiger partial charge in [-0.1, -0.05) is 73.8 Å². The van der Waals surface area contributed by atoms with Crippen molar-refractivity contribution in [2.24, 2.45) is 5.41 Å². The smallest absolute Gasteiger partial charge is 0.242 e. The largest absolute Gasteiger partial charge is 0.325 e. The van der Waals surface area contributed by atoms with E-state index in [0.717, 1.165) is 6.07 Å². The summed E-state index contributed by atoms with van der Waals surface area (Å²) < 4.78 is 31.6. The van der Waals surface area contributed by atoms with Crippen LogP contribution in [0.5, 0.6) is 0 Å². The summed E-state index contributed by atoms with van der Waals surface area (Å²) in [6.07, 6.45) is 0.344. The van der Waals surface area contributed by atoms with E-state index in [-0.39, 0.29) is 37.4 Å². The molecule has 4 aromatic rings. The number of aromatic nitrogens is 4. The molecule has 1 aromatic heterocycles. The highest BCUT2D eigenvalue weighted by Crippen LogP contribution is 2.53. The number of hydrogen-bond donors (Lipinski definition) is 3. The molecule has 8 nitrogen and oxygen atoms in total. The number of nitriles is 1. The van der Waals surface area contributed by atoms with E-state index in [0.29, 0.717) is 17.7 Å². The van der Waals surface area contributed by atoms with Crippen LogP contribution in [-0.2, 0) is 10.2 Å². The molecule has 13 heteroatoms. The van der Waals surface area contributed by atoms with Crippen molar-refractivity contribution in [2.45, 2.75) is 50.6 Å². The molecule has 2 unspecified atom stereocenters. The molecule has 0 saturated carbocycles. The van der Waals surface area contributed by atoms with Gasteiger partial charge < -0.3 is 10.6 Å². The Bertz CT molecular complexity index is 1720. The van der Waals surface area contributed by atoms with Gasteiger partial charge in [-0.2, -0.15) is 10.5 Å². The maximum absolute atomic E-state index is 15.8. The van der Waals surface area contributed by atoms with Crippen molar-refractivity contribution in [3.63, 3.8) is 0 Å². The number of nitrogens with zero attached hydrogens (tertiary/aromatic N) is 4. The van der Waals surface area contributed by atoms with Crippen molar-refractivity contribution in [3.05, 3.63) is 92.4 Å². The number of anilines is 1. The summed E-state index contributed by atoms with van der Waals surface area (Å²) in [6.45, 7) is 5.89. The van der Waals surface area contributed by atoms with Crippen LogP contribution >= 0.6 is 34.8 Å². The van der Waals surface area contributed by atoms with E-state index in [4.69, 9.17) is 34.8 Å². The van der Waals surface area contributed by atoms with Crippen molar-refractivity contribution in [1.82, 2.24) is 25.9 Å². The molecule has 0 aliphatic carbocycles. The van der Waals surface area contributed by atoms with Gasteiger partial charge in [0, 0.05) is 33.8 Å². The lowest BCUT2D eigenvalue weighted by molar-refractivity contribution is -0.118. The molecule has 1 fully saturated rings. The minimum Gasteiger partial charge on any atom is -0.325 e. The van der Waals surface area contributed by atoms with Gasteiger partial charge in [-0.3, -0.25) is 4.79 Å². The molecule has 2 heterocycles. The Hall–Kier alpha value is -3.62. The summed E-state index contributed by atoms with van der Waals surface area (Å²) in [4.78, 5) is 14.1. The zero-order valence-corrected chi connectivity index (χ0v) is 25.5. The molecule has 4 atom stereocenters. The fourth-order valence-electron chi connectivity index (χ4n) is 5.83. The van der Waals surface area contributed by atoms with Crippen LogP contribution in [-0.4, -0.2) is 38.6 Å². The van der Waals surface area contributed by atoms with Gasteiger partial charge in [0.05, 0.1) is 22.2 Å². The third-order valence-corrected chi connectivity index (χ3v) is 8.39. The second-order valence-corrected chi connectivity index (χ2v) is 12.9. The predicted octanol–water partition coefficient (Wildman–Crippen LogP) is 7.07. The number of carbonyl (C=O) groups excluding carboxylic acids is 1. The quantitative estimate of drug-likeness (QED) is 0.207. The van der Waals surface area contributed by atoms with Gasteiger partial charge in [-0.05, 0) is 59.0 Å². The molecule has 3 N–H and O–H groups in total. The third-order valence-electron chi connectivity index (χ3n) is 7.55. The number of tetrazole rings is 1. The molecule has 222 valence electrons. The standard InChI is InChI=1S/C30H26Cl3F2N7O/c1-29(2,3)13-23-30(14-36,19-10-7-15(31)11-22(19)34)24(18-5-4-6-20(32)25(18)35)26(38-23)28(43)37-16-8-9-17(21(33)12-16)27-39-41-42-40-27/h4-12,23-24,26,38H,13H2,1-3H3,(H,37,43)(H,39,40,41,42)/t23?,24?,26-,30+/m1/s1. The number of amides is 1. The summed E-state index contributed by atoms with van der Waals surface area (Å²) in [5.74, 6) is -3.06. The summed E-state index contributed by atoms with van der Waals surface area (Å²) >= 11 is 18.7. The molecule has 5 rings (SSSR count). The maximum Gasteiger partial charge on any atom is 0.242 e. The number of benzene rings is 3. The van der Waals surface area contributed by atoms with E-state index in [1.165, 1.54) is 36.4 Å². The lowest BCUT2D eigenvalue weighted by Gasteiger charge is -2.37. The normalized spacial score (nSPS) is 21.9. The fraction of sp³-hybridized carbons (Fsp3) is 0.300. The van der Waals surface area contributed by atoms with Crippen molar-refractivity contribution < 1.29 is 13.6 Å². The van der Waals surface area contributed by atoms with E-state index < -0.39 is 41.0 Å². The van der Waals surface area contributed by atoms with Gasteiger partial charge in [0.25, 0.3) is 0 Å². The predicted molar refractivity (Wildman–Crippen MR) is 161 cm³/mol. The van der Waals surface area contributed by atoms with E-state index in [1.54, 1.807) is 12.1 Å². The first kappa shape index (κ1) is 30.8. The molecule has 1 aliphatic rings. The number of halogens is 5. The minimum absolute atomic E-state index is 0.00190. The van der Waals surface area contributed by atoms with Gasteiger partial charge in [0.15, 0.2) is 0 Å². The van der Waals surface area contributed by atoms with Gasteiger partial charge in [-0.15, -0.1) is 10.2 Å². The van der Waals surface area contributed by atoms with Gasteiger partial charge in [0.1, 0.15) is 17.0 Å². The highest BCUT2D eigenvalue weighted by molar-refractivity contribution is 6.33. The topological polar surface area (TPSA) is 119 Å². The van der Waals surface area contributed by atoms with E-state index in [9.17, 15) is 10.1 Å². The monoisotopic (exact) mass is 643 g/mol. The maximum atomic E-state index is 15.8. The summed E-state index contributed by atoms with van der Waals surface area (Å²) in [5, 5.41) is 31.0. The summed E-state index contributed by atoms with van der Waals surface area (Å²) in [5.41, 5.74) is -1.31. The van der Waals surface area contributed by atoms with Gasteiger partial charge in [0.2, 0.25) is 11.7 Å². The molecule has 1 amide bonds. The molecule has 0 spiro atoms. The zero-order chi connectivity index (χ0) is 31.1. The fourth-order valence-corrected chi connectivity index (χ4v) is 6.43. The highest BCUT2D eigenvalue weighted by atomic mass is 35.5. The second-order valence-electron chi connectivity index (χ2n) is 11.6. The van der Waals surface area contributed by atoms with Crippen LogP contribution in [0, 0.1) is 28.4 Å². The number of aromatic amines is 1. The molecule has 0 bridgehead atoms. The molecule has 1 aliphatic heterocycles. The van der Waals surface area contributed by atoms with Crippen LogP contribution < -0.4 is 10.6 Å². The van der Waals surface area contributed by atoms with E-state index in [1.807, 2.05) is 20.8 Å². The van der Waals surface area contributed by atoms with Crippen LogP contribution in [0.4, 0.5) is 14.5 Å². The van der Waals surface area contributed by atoms with E-state index >= 15 is 8.78 Å².